The summed E-state index contributed by atoms with van der Waals surface area (Å²) in [6.07, 6.45) is 12.4. The molecule has 0 spiro atoms. The fourth-order valence-corrected chi connectivity index (χ4v) is 3.57. The summed E-state index contributed by atoms with van der Waals surface area (Å²) in [5.74, 6) is 1.12. The zero-order valence-electron chi connectivity index (χ0n) is 13.6. The number of nitrogens with zero attached hydrogens (tertiary/aromatic N) is 1. The molecule has 3 heteroatoms. The van der Waals surface area contributed by atoms with Gasteiger partial charge in [-0.2, -0.15) is 5.26 Å². The van der Waals surface area contributed by atoms with Crippen LogP contribution in [0, 0.1) is 29.0 Å². The van der Waals surface area contributed by atoms with Gasteiger partial charge in [0.25, 0.3) is 0 Å². The quantitative estimate of drug-likeness (QED) is 0.558. The van der Waals surface area contributed by atoms with Crippen molar-refractivity contribution in [2.45, 2.75) is 57.8 Å². The van der Waals surface area contributed by atoms with E-state index in [-0.39, 0.29) is 5.56 Å². The Hall–Kier alpha value is -1.69. The maximum Gasteiger partial charge on any atom is 0.141 e. The fourth-order valence-electron chi connectivity index (χ4n) is 3.57. The van der Waals surface area contributed by atoms with Gasteiger partial charge in [0.05, 0.1) is 11.9 Å². The highest BCUT2D eigenvalue weighted by Crippen LogP contribution is 2.34. The third kappa shape index (κ3) is 5.78. The molecule has 1 fully saturated rings. The Labute approximate surface area is 138 Å². The molecule has 0 amide bonds. The third-order valence-electron chi connectivity index (χ3n) is 5.03. The number of rotatable bonds is 7. The lowest BCUT2D eigenvalue weighted by molar-refractivity contribution is 0.250. The lowest BCUT2D eigenvalue weighted by Crippen LogP contribution is -2.15. The minimum Gasteiger partial charge on any atom is -0.216 e. The first-order valence-corrected chi connectivity index (χ1v) is 8.66. The van der Waals surface area contributed by atoms with E-state index in [0.29, 0.717) is 6.33 Å². The van der Waals surface area contributed by atoms with Crippen molar-refractivity contribution >= 4 is 0 Å². The first kappa shape index (κ1) is 17.7. The highest BCUT2D eigenvalue weighted by atomic mass is 19.1. The Morgan fingerprint density at radius 2 is 1.83 bits per heavy atom. The summed E-state index contributed by atoms with van der Waals surface area (Å²) >= 11 is 0. The van der Waals surface area contributed by atoms with Crippen LogP contribution in [-0.4, -0.2) is 0 Å². The Morgan fingerprint density at radius 1 is 1.13 bits per heavy atom. The van der Waals surface area contributed by atoms with Crippen LogP contribution in [0.4, 0.5) is 8.78 Å². The molecule has 0 bridgehead atoms. The second-order valence-electron chi connectivity index (χ2n) is 6.64. The molecule has 0 saturated heterocycles. The van der Waals surface area contributed by atoms with Gasteiger partial charge < -0.3 is 0 Å². The van der Waals surface area contributed by atoms with Gasteiger partial charge in [0.15, 0.2) is 0 Å². The smallest absolute Gasteiger partial charge is 0.141 e. The fraction of sp³-hybridized carbons (Fsp3) is 0.550. The molecule has 1 nitrogen and oxygen atoms in total. The molecule has 0 heterocycles. The van der Waals surface area contributed by atoms with Crippen LogP contribution in [0.25, 0.3) is 0 Å². The molecule has 124 valence electrons. The van der Waals surface area contributed by atoms with Crippen LogP contribution < -0.4 is 0 Å². The number of benzene rings is 1. The number of hydrogen-bond donors (Lipinski definition) is 0. The van der Waals surface area contributed by atoms with Crippen LogP contribution >= 0.6 is 0 Å². The van der Waals surface area contributed by atoms with Gasteiger partial charge >= 0.3 is 0 Å². The molecular weight excluding hydrogens is 292 g/mol. The van der Waals surface area contributed by atoms with Crippen molar-refractivity contribution in [3.05, 3.63) is 47.5 Å². The molecule has 0 atom stereocenters. The summed E-state index contributed by atoms with van der Waals surface area (Å²) in [7, 11) is 0. The number of aryl methyl sites for hydroxylation is 1. The molecule has 0 N–H and O–H groups in total. The van der Waals surface area contributed by atoms with E-state index in [2.05, 4.69) is 0 Å². The predicted octanol–water partition coefficient (Wildman–Crippen LogP) is 6.09. The first-order chi connectivity index (χ1) is 11.2. The molecule has 1 aromatic rings. The highest BCUT2D eigenvalue weighted by molar-refractivity contribution is 5.33. The maximum absolute atomic E-state index is 13.6. The first-order valence-electron chi connectivity index (χ1n) is 8.66. The molecule has 1 aromatic carbocycles. The van der Waals surface area contributed by atoms with Gasteiger partial charge in [-0.15, -0.1) is 0 Å². The monoisotopic (exact) mass is 317 g/mol. The Morgan fingerprint density at radius 3 is 2.43 bits per heavy atom. The summed E-state index contributed by atoms with van der Waals surface area (Å²) < 4.78 is 25.5. The molecule has 23 heavy (non-hydrogen) atoms. The van der Waals surface area contributed by atoms with Gasteiger partial charge in [0.2, 0.25) is 0 Å². The van der Waals surface area contributed by atoms with E-state index in [4.69, 9.17) is 5.26 Å². The largest absolute Gasteiger partial charge is 0.216 e. The average Bonchev–Trinajstić information content (AvgIpc) is 2.58. The van der Waals surface area contributed by atoms with Crippen molar-refractivity contribution in [2.75, 3.05) is 0 Å². The van der Waals surface area contributed by atoms with Gasteiger partial charge in [-0.1, -0.05) is 44.2 Å². The van der Waals surface area contributed by atoms with Gasteiger partial charge in [-0.25, -0.2) is 8.78 Å². The average molecular weight is 317 g/mol. The van der Waals surface area contributed by atoms with E-state index in [1.807, 2.05) is 12.1 Å². The normalized spacial score (nSPS) is 21.4. The van der Waals surface area contributed by atoms with E-state index in [9.17, 15) is 8.78 Å². The second-order valence-corrected chi connectivity index (χ2v) is 6.64. The van der Waals surface area contributed by atoms with Crippen LogP contribution in [0.1, 0.15) is 62.5 Å². The van der Waals surface area contributed by atoms with Crippen molar-refractivity contribution in [1.29, 1.82) is 5.26 Å². The van der Waals surface area contributed by atoms with Crippen LogP contribution in [0.15, 0.2) is 30.6 Å². The lowest BCUT2D eigenvalue weighted by atomic mass is 9.78. The molecule has 1 aliphatic carbocycles. The molecule has 2 rings (SSSR count). The van der Waals surface area contributed by atoms with Gasteiger partial charge in [-0.05, 0) is 55.2 Å². The minimum absolute atomic E-state index is 0.122. The van der Waals surface area contributed by atoms with E-state index in [0.717, 1.165) is 43.1 Å². The van der Waals surface area contributed by atoms with E-state index in [1.54, 1.807) is 12.1 Å². The summed E-state index contributed by atoms with van der Waals surface area (Å²) in [6, 6.07) is 6.80. The van der Waals surface area contributed by atoms with Crippen LogP contribution in [-0.2, 0) is 6.42 Å². The lowest BCUT2D eigenvalue weighted by Gasteiger charge is -2.28. The molecule has 0 aliphatic heterocycles. The van der Waals surface area contributed by atoms with E-state index in [1.165, 1.54) is 38.2 Å². The summed E-state index contributed by atoms with van der Waals surface area (Å²) in [4.78, 5) is 0. The standard InChI is InChI=1S/C20H25F2N/c21-13-3-1-2-4-16-5-7-17(8-6-16)9-10-18-11-12-19(15-23)20(22)14-18/h3,11-14,16-17H,1-2,4-10H2/t16-,17-. The van der Waals surface area contributed by atoms with E-state index >= 15 is 0 Å². The van der Waals surface area contributed by atoms with Gasteiger partial charge in [-0.3, -0.25) is 0 Å². The number of unbranched alkanes of at least 4 members (excludes halogenated alkanes) is 1. The Bertz CT molecular complexity index is 551. The van der Waals surface area contributed by atoms with Gasteiger partial charge in [0.1, 0.15) is 11.9 Å². The summed E-state index contributed by atoms with van der Waals surface area (Å²) in [5, 5.41) is 8.75. The Kier molecular flexibility index (Phi) is 7.26. The van der Waals surface area contributed by atoms with Crippen LogP contribution in [0.2, 0.25) is 0 Å². The van der Waals surface area contributed by atoms with Crippen molar-refractivity contribution < 1.29 is 8.78 Å². The van der Waals surface area contributed by atoms with Crippen molar-refractivity contribution in [3.8, 4) is 6.07 Å². The minimum atomic E-state index is -0.406. The third-order valence-corrected chi connectivity index (χ3v) is 5.03. The number of halogens is 2. The highest BCUT2D eigenvalue weighted by Gasteiger charge is 2.20. The zero-order valence-corrected chi connectivity index (χ0v) is 13.6. The Balaban J connectivity index is 1.68. The summed E-state index contributed by atoms with van der Waals surface area (Å²) in [6.45, 7) is 0. The van der Waals surface area contributed by atoms with Crippen molar-refractivity contribution in [3.63, 3.8) is 0 Å². The van der Waals surface area contributed by atoms with Crippen molar-refractivity contribution in [2.24, 2.45) is 11.8 Å². The number of allylic oxidation sites excluding steroid dienone is 1. The topological polar surface area (TPSA) is 23.8 Å². The molecule has 1 aliphatic rings. The SMILES string of the molecule is N#Cc1ccc(CC[C@H]2CC[C@H](CCCC=CF)CC2)cc1F. The molecule has 0 aromatic heterocycles. The molecule has 0 unspecified atom stereocenters. The molecular formula is C20H25F2N. The molecule has 0 radical (unpaired) electrons. The second kappa shape index (κ2) is 9.45. The predicted molar refractivity (Wildman–Crippen MR) is 89.0 cm³/mol. The number of nitriles is 1. The number of hydrogen-bond acceptors (Lipinski definition) is 1. The van der Waals surface area contributed by atoms with Crippen molar-refractivity contribution in [1.82, 2.24) is 0 Å². The zero-order chi connectivity index (χ0) is 16.5. The van der Waals surface area contributed by atoms with Crippen LogP contribution in [0.3, 0.4) is 0 Å². The van der Waals surface area contributed by atoms with E-state index < -0.39 is 5.82 Å². The van der Waals surface area contributed by atoms with Crippen LogP contribution in [0.5, 0.6) is 0 Å². The maximum atomic E-state index is 13.6. The summed E-state index contributed by atoms with van der Waals surface area (Å²) in [5.41, 5.74) is 1.11. The molecule has 1 saturated carbocycles. The van der Waals surface area contributed by atoms with Gasteiger partial charge in [0, 0.05) is 0 Å².